The Labute approximate surface area is 129 Å². The van der Waals surface area contributed by atoms with Crippen LogP contribution in [0.5, 0.6) is 0 Å². The summed E-state index contributed by atoms with van der Waals surface area (Å²) < 4.78 is 1.05. The summed E-state index contributed by atoms with van der Waals surface area (Å²) in [5.41, 5.74) is 1.13. The molecule has 100 valence electrons. The van der Waals surface area contributed by atoms with E-state index in [0.29, 0.717) is 12.0 Å². The van der Waals surface area contributed by atoms with Crippen LogP contribution in [0.4, 0.5) is 0 Å². The standard InChI is InChI=1S/C13H17Br2NOS/c1-8-6-11(18-12(8)15)13(17)16-10-5-3-2-4-9(10)7-14/h6,9-10H,2-5,7H2,1H3,(H,16,17). The molecule has 2 nitrogen and oxygen atoms in total. The van der Waals surface area contributed by atoms with Gasteiger partial charge in [0.15, 0.2) is 0 Å². The van der Waals surface area contributed by atoms with Crippen LogP contribution in [0.1, 0.15) is 40.9 Å². The lowest BCUT2D eigenvalue weighted by atomic mass is 9.86. The van der Waals surface area contributed by atoms with Crippen LogP contribution in [-0.2, 0) is 0 Å². The molecule has 2 rings (SSSR count). The number of halogens is 2. The molecule has 1 aliphatic carbocycles. The summed E-state index contributed by atoms with van der Waals surface area (Å²) in [7, 11) is 0. The molecule has 1 heterocycles. The van der Waals surface area contributed by atoms with Crippen molar-refractivity contribution >= 4 is 49.1 Å². The van der Waals surface area contributed by atoms with Gasteiger partial charge in [0.25, 0.3) is 5.91 Å². The molecule has 1 fully saturated rings. The molecule has 1 amide bonds. The molecule has 0 radical (unpaired) electrons. The zero-order valence-corrected chi connectivity index (χ0v) is 14.3. The lowest BCUT2D eigenvalue weighted by molar-refractivity contribution is 0.0916. The number of hydrogen-bond acceptors (Lipinski definition) is 2. The minimum absolute atomic E-state index is 0.0756. The summed E-state index contributed by atoms with van der Waals surface area (Å²) in [4.78, 5) is 13.0. The van der Waals surface area contributed by atoms with E-state index in [4.69, 9.17) is 0 Å². The largest absolute Gasteiger partial charge is 0.348 e. The maximum atomic E-state index is 12.2. The van der Waals surface area contributed by atoms with Gasteiger partial charge in [0.2, 0.25) is 0 Å². The Bertz CT molecular complexity index is 413. The lowest BCUT2D eigenvalue weighted by Crippen LogP contribution is -2.42. The van der Waals surface area contributed by atoms with Crippen molar-refractivity contribution in [3.8, 4) is 0 Å². The molecule has 0 saturated heterocycles. The quantitative estimate of drug-likeness (QED) is 0.751. The normalized spacial score (nSPS) is 23.9. The number of alkyl halides is 1. The number of aryl methyl sites for hydroxylation is 1. The highest BCUT2D eigenvalue weighted by atomic mass is 79.9. The molecule has 0 spiro atoms. The Hall–Kier alpha value is 0.130. The number of carbonyl (C=O) groups is 1. The molecule has 1 aromatic rings. The molecule has 1 saturated carbocycles. The predicted octanol–water partition coefficient (Wildman–Crippen LogP) is 4.50. The van der Waals surface area contributed by atoms with Gasteiger partial charge in [0.1, 0.15) is 0 Å². The van der Waals surface area contributed by atoms with Gasteiger partial charge in [0.05, 0.1) is 8.66 Å². The van der Waals surface area contributed by atoms with Gasteiger partial charge in [0, 0.05) is 11.4 Å². The first-order chi connectivity index (χ1) is 8.61. The first kappa shape index (κ1) is 14.5. The van der Waals surface area contributed by atoms with Crippen molar-refractivity contribution in [2.24, 2.45) is 5.92 Å². The maximum Gasteiger partial charge on any atom is 0.261 e. The Balaban J connectivity index is 2.01. The van der Waals surface area contributed by atoms with Crippen molar-refractivity contribution in [2.45, 2.75) is 38.6 Å². The molecule has 0 bridgehead atoms. The first-order valence-electron chi connectivity index (χ1n) is 6.24. The Morgan fingerprint density at radius 2 is 2.22 bits per heavy atom. The molecule has 1 N–H and O–H groups in total. The van der Waals surface area contributed by atoms with Crippen molar-refractivity contribution in [1.29, 1.82) is 0 Å². The van der Waals surface area contributed by atoms with E-state index in [-0.39, 0.29) is 5.91 Å². The van der Waals surface area contributed by atoms with E-state index < -0.39 is 0 Å². The number of amides is 1. The van der Waals surface area contributed by atoms with E-state index in [1.165, 1.54) is 30.6 Å². The minimum atomic E-state index is 0.0756. The number of nitrogens with one attached hydrogen (secondary N) is 1. The summed E-state index contributed by atoms with van der Waals surface area (Å²) >= 11 is 8.54. The van der Waals surface area contributed by atoms with E-state index in [9.17, 15) is 4.79 Å². The molecular formula is C13H17Br2NOS. The van der Waals surface area contributed by atoms with Gasteiger partial charge in [-0.25, -0.2) is 0 Å². The maximum absolute atomic E-state index is 12.2. The average molecular weight is 395 g/mol. The van der Waals surface area contributed by atoms with E-state index >= 15 is 0 Å². The lowest BCUT2D eigenvalue weighted by Gasteiger charge is -2.30. The number of carbonyl (C=O) groups excluding carboxylic acids is 1. The van der Waals surface area contributed by atoms with Crippen LogP contribution in [0, 0.1) is 12.8 Å². The summed E-state index contributed by atoms with van der Waals surface area (Å²) in [6, 6.07) is 2.28. The second-order valence-corrected chi connectivity index (χ2v) is 7.86. The topological polar surface area (TPSA) is 29.1 Å². The van der Waals surface area contributed by atoms with Crippen LogP contribution in [0.2, 0.25) is 0 Å². The predicted molar refractivity (Wildman–Crippen MR) is 83.8 cm³/mol. The number of rotatable bonds is 3. The van der Waals surface area contributed by atoms with Crippen molar-refractivity contribution < 1.29 is 4.79 Å². The van der Waals surface area contributed by atoms with Gasteiger partial charge >= 0.3 is 0 Å². The van der Waals surface area contributed by atoms with E-state index in [2.05, 4.69) is 37.2 Å². The Morgan fingerprint density at radius 3 is 2.83 bits per heavy atom. The molecule has 1 aromatic heterocycles. The smallest absolute Gasteiger partial charge is 0.261 e. The van der Waals surface area contributed by atoms with E-state index in [0.717, 1.165) is 26.0 Å². The fourth-order valence-electron chi connectivity index (χ4n) is 2.39. The van der Waals surface area contributed by atoms with Crippen molar-refractivity contribution in [3.63, 3.8) is 0 Å². The first-order valence-corrected chi connectivity index (χ1v) is 8.97. The fraction of sp³-hybridized carbons (Fsp3) is 0.615. The van der Waals surface area contributed by atoms with Gasteiger partial charge < -0.3 is 5.32 Å². The summed E-state index contributed by atoms with van der Waals surface area (Å²) in [6.07, 6.45) is 4.82. The van der Waals surface area contributed by atoms with Crippen molar-refractivity contribution in [3.05, 3.63) is 20.3 Å². The monoisotopic (exact) mass is 393 g/mol. The highest BCUT2D eigenvalue weighted by Crippen LogP contribution is 2.29. The van der Waals surface area contributed by atoms with Crippen molar-refractivity contribution in [2.75, 3.05) is 5.33 Å². The SMILES string of the molecule is Cc1cc(C(=O)NC2CCCCC2CBr)sc1Br. The molecular weight excluding hydrogens is 378 g/mol. The molecule has 2 unspecified atom stereocenters. The zero-order chi connectivity index (χ0) is 13.1. The van der Waals surface area contributed by atoms with E-state index in [1.807, 2.05) is 13.0 Å². The molecule has 1 aliphatic rings. The van der Waals surface area contributed by atoms with Gasteiger partial charge in [-0.15, -0.1) is 11.3 Å². The molecule has 18 heavy (non-hydrogen) atoms. The summed E-state index contributed by atoms with van der Waals surface area (Å²) in [5, 5.41) is 4.17. The Morgan fingerprint density at radius 1 is 1.50 bits per heavy atom. The third kappa shape index (κ3) is 3.36. The Kier molecular flexibility index (Phi) is 5.27. The number of hydrogen-bond donors (Lipinski definition) is 1. The van der Waals surface area contributed by atoms with Crippen LogP contribution in [0.15, 0.2) is 9.85 Å². The van der Waals surface area contributed by atoms with Crippen LogP contribution >= 0.6 is 43.2 Å². The van der Waals surface area contributed by atoms with Crippen LogP contribution < -0.4 is 5.32 Å². The van der Waals surface area contributed by atoms with Crippen LogP contribution in [0.3, 0.4) is 0 Å². The molecule has 0 aliphatic heterocycles. The molecule has 5 heteroatoms. The van der Waals surface area contributed by atoms with Gasteiger partial charge in [-0.1, -0.05) is 28.8 Å². The van der Waals surface area contributed by atoms with Crippen LogP contribution in [-0.4, -0.2) is 17.3 Å². The molecule has 0 aromatic carbocycles. The molecule has 2 atom stereocenters. The van der Waals surface area contributed by atoms with Crippen LogP contribution in [0.25, 0.3) is 0 Å². The fourth-order valence-corrected chi connectivity index (χ4v) is 4.61. The summed E-state index contributed by atoms with van der Waals surface area (Å²) in [5.74, 6) is 0.652. The highest BCUT2D eigenvalue weighted by Gasteiger charge is 2.26. The minimum Gasteiger partial charge on any atom is -0.348 e. The second kappa shape index (κ2) is 6.53. The zero-order valence-electron chi connectivity index (χ0n) is 10.3. The van der Waals surface area contributed by atoms with Gasteiger partial charge in [-0.05, 0) is 53.2 Å². The third-order valence-electron chi connectivity index (χ3n) is 3.50. The third-order valence-corrected chi connectivity index (χ3v) is 6.47. The van der Waals surface area contributed by atoms with Gasteiger partial charge in [-0.3, -0.25) is 4.79 Å². The number of thiophene rings is 1. The van der Waals surface area contributed by atoms with Gasteiger partial charge in [-0.2, -0.15) is 0 Å². The average Bonchev–Trinajstić information content (AvgIpc) is 2.70. The summed E-state index contributed by atoms with van der Waals surface area (Å²) in [6.45, 7) is 2.01. The highest BCUT2D eigenvalue weighted by molar-refractivity contribution is 9.11. The van der Waals surface area contributed by atoms with E-state index in [1.54, 1.807) is 0 Å². The second-order valence-electron chi connectivity index (χ2n) is 4.85. The van der Waals surface area contributed by atoms with Crippen molar-refractivity contribution in [1.82, 2.24) is 5.32 Å².